The Balaban J connectivity index is 1.46. The first kappa shape index (κ1) is 20.1. The zero-order valence-corrected chi connectivity index (χ0v) is 18.2. The van der Waals surface area contributed by atoms with Gasteiger partial charge in [-0.25, -0.2) is 0 Å². The molecule has 2 heterocycles. The lowest BCUT2D eigenvalue weighted by molar-refractivity contribution is 0.0951. The van der Waals surface area contributed by atoms with Crippen molar-refractivity contribution < 1.29 is 4.79 Å². The van der Waals surface area contributed by atoms with E-state index in [4.69, 9.17) is 0 Å². The van der Waals surface area contributed by atoms with Gasteiger partial charge in [-0.15, -0.1) is 5.10 Å². The largest absolute Gasteiger partial charge is 0.360 e. The second-order valence-corrected chi connectivity index (χ2v) is 8.39. The normalized spacial score (nSPS) is 14.2. The van der Waals surface area contributed by atoms with E-state index in [0.29, 0.717) is 11.6 Å². The molecule has 1 aliphatic carbocycles. The van der Waals surface area contributed by atoms with E-state index in [9.17, 15) is 4.79 Å². The van der Waals surface area contributed by atoms with E-state index in [1.165, 1.54) is 0 Å². The maximum atomic E-state index is 12.5. The highest BCUT2D eigenvalue weighted by Gasteiger charge is 2.24. The lowest BCUT2D eigenvalue weighted by Crippen LogP contribution is -2.25. The highest BCUT2D eigenvalue weighted by molar-refractivity contribution is 5.97. The summed E-state index contributed by atoms with van der Waals surface area (Å²) in [7, 11) is 0. The molecule has 32 heavy (non-hydrogen) atoms. The molecule has 2 N–H and O–H groups in total. The molecule has 0 bridgehead atoms. The number of pyridine rings is 1. The van der Waals surface area contributed by atoms with Crippen molar-refractivity contribution in [2.75, 3.05) is 5.32 Å². The monoisotopic (exact) mass is 423 g/mol. The van der Waals surface area contributed by atoms with Gasteiger partial charge >= 0.3 is 0 Å². The van der Waals surface area contributed by atoms with Gasteiger partial charge in [0.25, 0.3) is 5.91 Å². The molecule has 1 saturated carbocycles. The molecule has 0 saturated heterocycles. The molecular formula is C26H25N5O. The smallest absolute Gasteiger partial charge is 0.251 e. The molecule has 1 aliphatic rings. The van der Waals surface area contributed by atoms with Gasteiger partial charge < -0.3 is 10.6 Å². The SMILES string of the molecule is Cc1ccc(C(=O)NC2CC2)cc1-c1ccc2c(NC(C)c3ccccn3)nncc2c1. The molecule has 0 aliphatic heterocycles. The molecule has 0 radical (unpaired) electrons. The molecule has 2 aromatic heterocycles. The number of aryl methyl sites for hydroxylation is 1. The summed E-state index contributed by atoms with van der Waals surface area (Å²) in [6.07, 6.45) is 5.71. The van der Waals surface area contributed by atoms with Gasteiger partial charge in [0.05, 0.1) is 17.9 Å². The minimum absolute atomic E-state index is 0.000294. The molecular weight excluding hydrogens is 398 g/mol. The van der Waals surface area contributed by atoms with Crippen LogP contribution in [0.4, 0.5) is 5.82 Å². The van der Waals surface area contributed by atoms with Crippen LogP contribution in [0, 0.1) is 6.92 Å². The van der Waals surface area contributed by atoms with Crippen molar-refractivity contribution in [1.82, 2.24) is 20.5 Å². The van der Waals surface area contributed by atoms with Gasteiger partial charge in [-0.2, -0.15) is 5.10 Å². The van der Waals surface area contributed by atoms with E-state index < -0.39 is 0 Å². The fraction of sp³-hybridized carbons (Fsp3) is 0.231. The summed E-state index contributed by atoms with van der Waals surface area (Å²) < 4.78 is 0. The average molecular weight is 424 g/mol. The maximum absolute atomic E-state index is 12.5. The van der Waals surface area contributed by atoms with Crippen LogP contribution in [-0.4, -0.2) is 27.1 Å². The third-order valence-corrected chi connectivity index (χ3v) is 5.87. The highest BCUT2D eigenvalue weighted by atomic mass is 16.1. The number of benzene rings is 2. The summed E-state index contributed by atoms with van der Waals surface area (Å²) in [4.78, 5) is 16.9. The van der Waals surface area contributed by atoms with Crippen LogP contribution in [0.15, 0.2) is 67.0 Å². The molecule has 0 spiro atoms. The van der Waals surface area contributed by atoms with E-state index >= 15 is 0 Å². The zero-order chi connectivity index (χ0) is 22.1. The van der Waals surface area contributed by atoms with E-state index in [1.807, 2.05) is 36.4 Å². The van der Waals surface area contributed by atoms with Gasteiger partial charge in [-0.05, 0) is 79.8 Å². The second-order valence-electron chi connectivity index (χ2n) is 8.39. The average Bonchev–Trinajstić information content (AvgIpc) is 3.63. The predicted molar refractivity (Wildman–Crippen MR) is 126 cm³/mol. The quantitative estimate of drug-likeness (QED) is 0.453. The molecule has 6 nitrogen and oxygen atoms in total. The summed E-state index contributed by atoms with van der Waals surface area (Å²) in [5, 5.41) is 17.0. The summed E-state index contributed by atoms with van der Waals surface area (Å²) in [5.41, 5.74) is 4.85. The number of hydrogen-bond acceptors (Lipinski definition) is 5. The topological polar surface area (TPSA) is 79.8 Å². The van der Waals surface area contributed by atoms with Crippen molar-refractivity contribution in [2.24, 2.45) is 0 Å². The number of nitrogens with one attached hydrogen (secondary N) is 2. The fourth-order valence-electron chi connectivity index (χ4n) is 3.84. The summed E-state index contributed by atoms with van der Waals surface area (Å²) in [5.74, 6) is 0.719. The molecule has 1 unspecified atom stereocenters. The Morgan fingerprint density at radius 1 is 1.09 bits per heavy atom. The van der Waals surface area contributed by atoms with Crippen molar-refractivity contribution >= 4 is 22.5 Å². The first-order chi connectivity index (χ1) is 15.6. The number of fused-ring (bicyclic) bond motifs is 1. The number of anilines is 1. The first-order valence-corrected chi connectivity index (χ1v) is 10.9. The van der Waals surface area contributed by atoms with Crippen LogP contribution in [0.25, 0.3) is 21.9 Å². The number of carbonyl (C=O) groups is 1. The van der Waals surface area contributed by atoms with E-state index in [1.54, 1.807) is 12.4 Å². The second kappa shape index (κ2) is 8.38. The Kier molecular flexibility index (Phi) is 5.27. The molecule has 160 valence electrons. The Labute approximate surface area is 187 Å². The molecule has 1 fully saturated rings. The zero-order valence-electron chi connectivity index (χ0n) is 18.2. The van der Waals surface area contributed by atoms with Gasteiger partial charge in [0.1, 0.15) is 0 Å². The number of nitrogens with zero attached hydrogens (tertiary/aromatic N) is 3. The summed E-state index contributed by atoms with van der Waals surface area (Å²) in [6, 6.07) is 18.3. The molecule has 4 aromatic rings. The summed E-state index contributed by atoms with van der Waals surface area (Å²) in [6.45, 7) is 4.12. The standard InChI is InChI=1S/C26H25N5O/c1-16-6-7-19(26(32)30-21-9-10-21)14-23(16)18-8-11-22-20(13-18)15-28-31-25(22)29-17(2)24-5-3-4-12-27-24/h3-8,11-15,17,21H,9-10H2,1-2H3,(H,29,31)(H,30,32). The minimum Gasteiger partial charge on any atom is -0.360 e. The van der Waals surface area contributed by atoms with Crippen molar-refractivity contribution in [1.29, 1.82) is 0 Å². The fourth-order valence-corrected chi connectivity index (χ4v) is 3.84. The van der Waals surface area contributed by atoms with E-state index in [2.05, 4.69) is 57.9 Å². The van der Waals surface area contributed by atoms with Gasteiger partial charge in [-0.3, -0.25) is 9.78 Å². The number of hydrogen-bond donors (Lipinski definition) is 2. The number of aromatic nitrogens is 3. The van der Waals surface area contributed by atoms with Crippen molar-refractivity contribution in [3.8, 4) is 11.1 Å². The highest BCUT2D eigenvalue weighted by Crippen LogP contribution is 2.31. The first-order valence-electron chi connectivity index (χ1n) is 10.9. The van der Waals surface area contributed by atoms with Crippen LogP contribution >= 0.6 is 0 Å². The Morgan fingerprint density at radius 3 is 2.75 bits per heavy atom. The van der Waals surface area contributed by atoms with Gasteiger partial charge in [0.2, 0.25) is 0 Å². The summed E-state index contributed by atoms with van der Waals surface area (Å²) >= 11 is 0. The van der Waals surface area contributed by atoms with Crippen LogP contribution < -0.4 is 10.6 Å². The Bertz CT molecular complexity index is 1280. The van der Waals surface area contributed by atoms with Crippen LogP contribution in [0.2, 0.25) is 0 Å². The Hall–Kier alpha value is -3.80. The van der Waals surface area contributed by atoms with Crippen LogP contribution in [0.5, 0.6) is 0 Å². The third-order valence-electron chi connectivity index (χ3n) is 5.87. The van der Waals surface area contributed by atoms with Crippen molar-refractivity contribution in [3.05, 3.63) is 83.8 Å². The number of rotatable bonds is 6. The minimum atomic E-state index is -0.00426. The molecule has 2 aromatic carbocycles. The van der Waals surface area contributed by atoms with E-state index in [0.717, 1.165) is 51.8 Å². The third kappa shape index (κ3) is 4.17. The Morgan fingerprint density at radius 2 is 1.97 bits per heavy atom. The molecule has 1 atom stereocenters. The van der Waals surface area contributed by atoms with E-state index in [-0.39, 0.29) is 11.9 Å². The van der Waals surface area contributed by atoms with Gasteiger partial charge in [0, 0.05) is 28.6 Å². The van der Waals surface area contributed by atoms with Crippen LogP contribution in [0.1, 0.15) is 47.4 Å². The predicted octanol–water partition coefficient (Wildman–Crippen LogP) is 5.07. The van der Waals surface area contributed by atoms with Gasteiger partial charge in [0.15, 0.2) is 5.82 Å². The number of amides is 1. The van der Waals surface area contributed by atoms with Crippen LogP contribution in [-0.2, 0) is 0 Å². The lowest BCUT2D eigenvalue weighted by atomic mass is 9.96. The molecule has 6 heteroatoms. The van der Waals surface area contributed by atoms with Crippen molar-refractivity contribution in [2.45, 2.75) is 38.8 Å². The number of carbonyl (C=O) groups excluding carboxylic acids is 1. The van der Waals surface area contributed by atoms with Crippen molar-refractivity contribution in [3.63, 3.8) is 0 Å². The van der Waals surface area contributed by atoms with Crippen LogP contribution in [0.3, 0.4) is 0 Å². The maximum Gasteiger partial charge on any atom is 0.251 e. The lowest BCUT2D eigenvalue weighted by Gasteiger charge is -2.15. The molecule has 5 rings (SSSR count). The van der Waals surface area contributed by atoms with Gasteiger partial charge in [-0.1, -0.05) is 18.2 Å². The molecule has 1 amide bonds.